The predicted octanol–water partition coefficient (Wildman–Crippen LogP) is 3.39. The van der Waals surface area contributed by atoms with Crippen molar-refractivity contribution in [1.82, 2.24) is 18.4 Å². The normalized spacial score (nSPS) is 21.1. The van der Waals surface area contributed by atoms with Gasteiger partial charge in [-0.3, -0.25) is 33.7 Å². The molecular weight excluding hydrogens is 777 g/mol. The second kappa shape index (κ2) is 15.4. The summed E-state index contributed by atoms with van der Waals surface area (Å²) in [6.45, 7) is 4.02. The number of rotatable bonds is 10. The Morgan fingerprint density at radius 3 is 1.91 bits per heavy atom. The number of aromatic nitrogens is 3. The zero-order valence-electron chi connectivity index (χ0n) is 31.7. The second-order valence-electron chi connectivity index (χ2n) is 13.5. The summed E-state index contributed by atoms with van der Waals surface area (Å²) >= 11 is 0. The van der Waals surface area contributed by atoms with Gasteiger partial charge >= 0.3 is 23.9 Å². The number of hydrogen-bond donors (Lipinski definition) is 0. The Kier molecular flexibility index (Phi) is 10.5. The summed E-state index contributed by atoms with van der Waals surface area (Å²) < 4.78 is 59.1. The molecule has 5 heterocycles. The van der Waals surface area contributed by atoms with Crippen LogP contribution in [0.5, 0.6) is 0 Å². The van der Waals surface area contributed by atoms with Gasteiger partial charge in [0.15, 0.2) is 30.2 Å². The highest BCUT2D eigenvalue weighted by Crippen LogP contribution is 2.44. The molecule has 0 saturated carbocycles. The van der Waals surface area contributed by atoms with E-state index in [1.807, 2.05) is 0 Å². The molecule has 2 aliphatic rings. The number of carbonyl (C=O) groups is 6. The fraction of sp³-hybridized carbons (Fsp3) is 0.275. The first-order valence-electron chi connectivity index (χ1n) is 17.8. The van der Waals surface area contributed by atoms with Crippen LogP contribution < -0.4 is 0 Å². The van der Waals surface area contributed by atoms with E-state index in [1.165, 1.54) is 42.3 Å². The van der Waals surface area contributed by atoms with Gasteiger partial charge in [0.1, 0.15) is 12.7 Å². The van der Waals surface area contributed by atoms with Crippen molar-refractivity contribution in [2.24, 2.45) is 0 Å². The van der Waals surface area contributed by atoms with Crippen LogP contribution in [0, 0.1) is 0 Å². The van der Waals surface area contributed by atoms with Crippen LogP contribution in [0.3, 0.4) is 0 Å². The lowest BCUT2D eigenvalue weighted by atomic mass is 9.96. The molecule has 1 saturated heterocycles. The van der Waals surface area contributed by atoms with Gasteiger partial charge in [-0.05, 0) is 30.3 Å². The third-order valence-electron chi connectivity index (χ3n) is 9.64. The van der Waals surface area contributed by atoms with Crippen molar-refractivity contribution in [3.05, 3.63) is 96.4 Å². The summed E-state index contributed by atoms with van der Waals surface area (Å²) in [4.78, 5) is 83.1. The van der Waals surface area contributed by atoms with E-state index in [0.717, 1.165) is 36.6 Å². The number of pyridine rings is 1. The Labute approximate surface area is 330 Å². The lowest BCUT2D eigenvalue weighted by Gasteiger charge is -2.44. The number of imide groups is 1. The Morgan fingerprint density at radius 2 is 1.28 bits per heavy atom. The minimum atomic E-state index is -4.24. The molecule has 18 heteroatoms. The molecule has 0 unspecified atom stereocenters. The monoisotopic (exact) mass is 812 g/mol. The van der Waals surface area contributed by atoms with E-state index >= 15 is 0 Å². The minimum Gasteiger partial charge on any atom is -0.463 e. The third kappa shape index (κ3) is 7.00. The highest BCUT2D eigenvalue weighted by Gasteiger charge is 2.53. The van der Waals surface area contributed by atoms with Crippen LogP contribution in [0.1, 0.15) is 45.0 Å². The van der Waals surface area contributed by atoms with Gasteiger partial charge in [-0.1, -0.05) is 36.4 Å². The number of benzene rings is 2. The van der Waals surface area contributed by atoms with Crippen LogP contribution in [-0.2, 0) is 62.5 Å². The first-order valence-corrected chi connectivity index (χ1v) is 19.3. The topological polar surface area (TPSA) is 209 Å². The standard InChI is InChI=1S/C40H36N4O13S/c1-21(45)53-20-31-34(54-22(2)46)35(55-23(3)47)36(56-24(4)48)40(57-31)43-18-28(26-14-9-10-16-30(26)43)32-33(39(50)42(5)38(32)49)29-19-44(37-27(29)15-11-17-41-37)58(51,52)25-12-7-6-8-13-25/h6-19,31,34-36,40H,20H2,1-5H3/t31-,34-,35+,36-,40-/m1/s1. The molecular formula is C40H36N4O13S. The average molecular weight is 813 g/mol. The van der Waals surface area contributed by atoms with Crippen LogP contribution in [-0.4, -0.2) is 101 Å². The van der Waals surface area contributed by atoms with Gasteiger partial charge in [0.2, 0.25) is 0 Å². The fourth-order valence-electron chi connectivity index (χ4n) is 7.30. The van der Waals surface area contributed by atoms with E-state index in [9.17, 15) is 37.2 Å². The molecule has 0 aliphatic carbocycles. The highest BCUT2D eigenvalue weighted by atomic mass is 32.2. The number of ether oxygens (including phenoxy) is 5. The quantitative estimate of drug-likeness (QED) is 0.113. The first-order chi connectivity index (χ1) is 27.6. The van der Waals surface area contributed by atoms with Crippen molar-refractivity contribution in [2.45, 2.75) is 63.2 Å². The lowest BCUT2D eigenvalue weighted by Crippen LogP contribution is -2.60. The van der Waals surface area contributed by atoms with Crippen molar-refractivity contribution >= 4 is 78.8 Å². The van der Waals surface area contributed by atoms with Crippen molar-refractivity contribution in [3.63, 3.8) is 0 Å². The van der Waals surface area contributed by atoms with Crippen LogP contribution in [0.25, 0.3) is 33.1 Å². The minimum absolute atomic E-state index is 0.0166. The molecule has 58 heavy (non-hydrogen) atoms. The number of para-hydroxylation sites is 1. The SMILES string of the molecule is CC(=O)OC[C@H]1O[C@@H](n2cc(C3=C(c4cn(S(=O)(=O)c5ccccc5)c5ncccc45)C(=O)N(C)C3=O)c3ccccc32)[C@H](OC(C)=O)[C@@H](OC(C)=O)[C@@H]1OC(C)=O. The van der Waals surface area contributed by atoms with E-state index in [4.69, 9.17) is 23.7 Å². The Morgan fingerprint density at radius 1 is 0.707 bits per heavy atom. The van der Waals surface area contributed by atoms with Gasteiger partial charge in [-0.25, -0.2) is 17.4 Å². The van der Waals surface area contributed by atoms with Gasteiger partial charge in [-0.15, -0.1) is 0 Å². The van der Waals surface area contributed by atoms with E-state index in [0.29, 0.717) is 10.9 Å². The van der Waals surface area contributed by atoms with E-state index in [-0.39, 0.29) is 38.2 Å². The number of nitrogens with zero attached hydrogens (tertiary/aromatic N) is 4. The highest BCUT2D eigenvalue weighted by molar-refractivity contribution is 7.90. The summed E-state index contributed by atoms with van der Waals surface area (Å²) in [7, 11) is -2.94. The molecule has 5 aromatic rings. The lowest BCUT2D eigenvalue weighted by molar-refractivity contribution is -0.267. The van der Waals surface area contributed by atoms with Crippen molar-refractivity contribution < 1.29 is 60.9 Å². The molecule has 2 aliphatic heterocycles. The molecule has 5 atom stereocenters. The maximum absolute atomic E-state index is 14.3. The molecule has 0 N–H and O–H groups in total. The van der Waals surface area contributed by atoms with Crippen LogP contribution in [0.4, 0.5) is 0 Å². The maximum Gasteiger partial charge on any atom is 0.303 e. The number of fused-ring (bicyclic) bond motifs is 2. The number of carbonyl (C=O) groups excluding carboxylic acids is 6. The molecule has 0 radical (unpaired) electrons. The first kappa shape index (κ1) is 39.6. The largest absolute Gasteiger partial charge is 0.463 e. The van der Waals surface area contributed by atoms with Crippen LogP contribution in [0.2, 0.25) is 0 Å². The summed E-state index contributed by atoms with van der Waals surface area (Å²) in [6.07, 6.45) is -2.91. The molecule has 7 rings (SSSR count). The molecule has 2 aromatic carbocycles. The Hall–Kier alpha value is -6.66. The summed E-state index contributed by atoms with van der Waals surface area (Å²) in [5, 5.41) is 0.687. The van der Waals surface area contributed by atoms with Gasteiger partial charge in [-0.2, -0.15) is 0 Å². The average Bonchev–Trinajstić information content (AvgIpc) is 3.82. The van der Waals surface area contributed by atoms with Crippen LogP contribution >= 0.6 is 0 Å². The molecule has 17 nitrogen and oxygen atoms in total. The fourth-order valence-corrected chi connectivity index (χ4v) is 8.65. The summed E-state index contributed by atoms with van der Waals surface area (Å²) in [5.74, 6) is -4.55. The van der Waals surface area contributed by atoms with Crippen molar-refractivity contribution in [1.29, 1.82) is 0 Å². The third-order valence-corrected chi connectivity index (χ3v) is 11.3. The number of likely N-dealkylation sites (N-methyl/N-ethyl adjacent to an activating group) is 1. The zero-order valence-corrected chi connectivity index (χ0v) is 32.5. The summed E-state index contributed by atoms with van der Waals surface area (Å²) in [6, 6.07) is 17.6. The van der Waals surface area contributed by atoms with Crippen molar-refractivity contribution in [3.8, 4) is 0 Å². The number of hydrogen-bond acceptors (Lipinski definition) is 14. The smallest absolute Gasteiger partial charge is 0.303 e. The van der Waals surface area contributed by atoms with E-state index < -0.39 is 83.0 Å². The Balaban J connectivity index is 1.47. The molecule has 1 fully saturated rings. The van der Waals surface area contributed by atoms with E-state index in [2.05, 4.69) is 4.98 Å². The maximum atomic E-state index is 14.3. The van der Waals surface area contributed by atoms with Crippen LogP contribution in [0.15, 0.2) is 90.2 Å². The van der Waals surface area contributed by atoms with Crippen molar-refractivity contribution in [2.75, 3.05) is 13.7 Å². The molecule has 2 amide bonds. The summed E-state index contributed by atoms with van der Waals surface area (Å²) in [5.41, 5.74) is 0.519. The molecule has 0 spiro atoms. The second-order valence-corrected chi connectivity index (χ2v) is 15.3. The Bertz CT molecular complexity index is 2670. The number of amides is 2. The van der Waals surface area contributed by atoms with Gasteiger partial charge in [0.05, 0.1) is 21.6 Å². The van der Waals surface area contributed by atoms with Gasteiger partial charge < -0.3 is 28.3 Å². The molecule has 0 bridgehead atoms. The molecule has 300 valence electrons. The zero-order chi connectivity index (χ0) is 41.6. The number of esters is 4. The van der Waals surface area contributed by atoms with E-state index in [1.54, 1.807) is 54.6 Å². The predicted molar refractivity (Wildman–Crippen MR) is 202 cm³/mol. The van der Waals surface area contributed by atoms with Gasteiger partial charge in [0.25, 0.3) is 21.8 Å². The van der Waals surface area contributed by atoms with Gasteiger partial charge in [0, 0.05) is 75.2 Å². The molecule has 3 aromatic heterocycles.